The minimum atomic E-state index is -6.51. The Morgan fingerprint density at radius 2 is 1.71 bits per heavy atom. The van der Waals surface area contributed by atoms with E-state index in [-0.39, 0.29) is 41.0 Å². The number of nitro groups is 1. The van der Waals surface area contributed by atoms with Gasteiger partial charge in [-0.3, -0.25) is 10.1 Å². The molecule has 34 heavy (non-hydrogen) atoms. The Kier molecular flexibility index (Phi) is 8.18. The van der Waals surface area contributed by atoms with E-state index < -0.39 is 23.1 Å². The van der Waals surface area contributed by atoms with Crippen molar-refractivity contribution in [1.82, 2.24) is 5.43 Å². The van der Waals surface area contributed by atoms with Crippen LogP contribution in [0.4, 0.5) is 36.4 Å². The number of hydrazone groups is 1. The molecule has 0 saturated carbocycles. The number of ether oxygens (including phenoxy) is 2. The summed E-state index contributed by atoms with van der Waals surface area (Å²) in [6.45, 7) is 1.60. The number of nitro benzene ring substituents is 1. The molecular formula is C19H15ClF7N3O4. The number of hydrogen-bond donors (Lipinski definition) is 1. The topological polar surface area (TPSA) is 86.0 Å². The summed E-state index contributed by atoms with van der Waals surface area (Å²) in [4.78, 5) is 10.1. The fourth-order valence-corrected chi connectivity index (χ4v) is 2.64. The molecule has 1 N–H and O–H groups in total. The monoisotopic (exact) mass is 517 g/mol. The molecule has 0 radical (unpaired) electrons. The van der Waals surface area contributed by atoms with Gasteiger partial charge in [0.25, 0.3) is 5.69 Å². The van der Waals surface area contributed by atoms with E-state index in [1.807, 2.05) is 0 Å². The lowest BCUT2D eigenvalue weighted by molar-refractivity contribution is -0.384. The lowest BCUT2D eigenvalue weighted by Crippen LogP contribution is -2.58. The summed E-state index contributed by atoms with van der Waals surface area (Å²) < 4.78 is 99.8. The van der Waals surface area contributed by atoms with Crippen LogP contribution in [0.2, 0.25) is 5.02 Å². The van der Waals surface area contributed by atoms with E-state index in [1.165, 1.54) is 30.3 Å². The predicted octanol–water partition coefficient (Wildman–Crippen LogP) is 5.94. The van der Waals surface area contributed by atoms with Gasteiger partial charge >= 0.3 is 18.1 Å². The van der Waals surface area contributed by atoms with E-state index in [2.05, 4.69) is 5.10 Å². The zero-order valence-electron chi connectivity index (χ0n) is 17.0. The van der Waals surface area contributed by atoms with Crippen LogP contribution in [-0.2, 0) is 6.61 Å². The Hall–Kier alpha value is -3.29. The van der Waals surface area contributed by atoms with Gasteiger partial charge < -0.3 is 9.47 Å². The molecule has 2 aromatic rings. The number of hydrogen-bond acceptors (Lipinski definition) is 6. The zero-order valence-corrected chi connectivity index (χ0v) is 17.8. The highest BCUT2D eigenvalue weighted by Crippen LogP contribution is 2.45. The molecule has 0 aliphatic carbocycles. The highest BCUT2D eigenvalue weighted by molar-refractivity contribution is 6.32. The first-order valence-electron chi connectivity index (χ1n) is 9.14. The van der Waals surface area contributed by atoms with Crippen LogP contribution in [0.25, 0.3) is 0 Å². The van der Waals surface area contributed by atoms with Crippen LogP contribution in [0.15, 0.2) is 41.5 Å². The number of nitrogens with zero attached hydrogens (tertiary/aromatic N) is 2. The second kappa shape index (κ2) is 10.3. The molecule has 0 saturated heterocycles. The van der Waals surface area contributed by atoms with E-state index >= 15 is 0 Å². The minimum Gasteiger partial charge on any atom is -0.490 e. The first-order valence-corrected chi connectivity index (χ1v) is 9.52. The Bertz CT molecular complexity index is 1050. The van der Waals surface area contributed by atoms with E-state index in [4.69, 9.17) is 21.1 Å². The van der Waals surface area contributed by atoms with E-state index in [0.29, 0.717) is 17.2 Å². The summed E-state index contributed by atoms with van der Waals surface area (Å²) in [6.07, 6.45) is -5.97. The van der Waals surface area contributed by atoms with Crippen molar-refractivity contribution in [3.05, 3.63) is 62.7 Å². The number of non-ortho nitro benzene ring substituents is 1. The van der Waals surface area contributed by atoms with E-state index in [9.17, 15) is 40.8 Å². The van der Waals surface area contributed by atoms with Gasteiger partial charge in [-0.2, -0.15) is 35.8 Å². The summed E-state index contributed by atoms with van der Waals surface area (Å²) >= 11 is 6.11. The Balaban J connectivity index is 2.20. The van der Waals surface area contributed by atoms with Crippen LogP contribution >= 0.6 is 11.6 Å². The van der Waals surface area contributed by atoms with Gasteiger partial charge in [-0.05, 0) is 42.3 Å². The number of rotatable bonds is 10. The fraction of sp³-hybridized carbons (Fsp3) is 0.316. The molecule has 0 aliphatic rings. The van der Waals surface area contributed by atoms with Crippen molar-refractivity contribution in [2.24, 2.45) is 5.10 Å². The first-order chi connectivity index (χ1) is 15.7. The fourth-order valence-electron chi connectivity index (χ4n) is 2.37. The Morgan fingerprint density at radius 3 is 2.24 bits per heavy atom. The van der Waals surface area contributed by atoms with Crippen molar-refractivity contribution in [3.8, 4) is 11.5 Å². The van der Waals surface area contributed by atoms with E-state index in [1.54, 1.807) is 6.92 Å². The predicted molar refractivity (Wildman–Crippen MR) is 107 cm³/mol. The van der Waals surface area contributed by atoms with Gasteiger partial charge in [0, 0.05) is 12.1 Å². The molecule has 0 amide bonds. The second-order valence-electron chi connectivity index (χ2n) is 6.49. The van der Waals surface area contributed by atoms with Gasteiger partial charge in [-0.15, -0.1) is 0 Å². The molecule has 0 atom stereocenters. The number of alkyl halides is 7. The van der Waals surface area contributed by atoms with Crippen LogP contribution in [0, 0.1) is 10.1 Å². The van der Waals surface area contributed by atoms with Gasteiger partial charge in [0.2, 0.25) is 0 Å². The third-order valence-electron chi connectivity index (χ3n) is 4.03. The lowest BCUT2D eigenvalue weighted by Gasteiger charge is -2.27. The third kappa shape index (κ3) is 6.18. The van der Waals surface area contributed by atoms with Crippen LogP contribution in [0.3, 0.4) is 0 Å². The van der Waals surface area contributed by atoms with Crippen LogP contribution in [0.1, 0.15) is 18.1 Å². The third-order valence-corrected chi connectivity index (χ3v) is 4.31. The number of halogens is 8. The SMILES string of the molecule is CCOc1cc(/C=N/NC(F)(F)C(F)(F)C(F)(F)F)cc(Cl)c1OCc1ccc([N+](=O)[O-])cc1. The molecule has 0 heterocycles. The molecule has 0 spiro atoms. The molecule has 0 aliphatic heterocycles. The van der Waals surface area contributed by atoms with Crippen molar-refractivity contribution in [1.29, 1.82) is 0 Å². The molecule has 0 fully saturated rings. The van der Waals surface area contributed by atoms with Gasteiger partial charge in [0.1, 0.15) is 6.61 Å². The largest absolute Gasteiger partial charge is 0.490 e. The highest BCUT2D eigenvalue weighted by Gasteiger charge is 2.73. The summed E-state index contributed by atoms with van der Waals surface area (Å²) in [5.41, 5.74) is 0.816. The maximum absolute atomic E-state index is 13.3. The van der Waals surface area contributed by atoms with Gasteiger partial charge in [-0.1, -0.05) is 11.6 Å². The Morgan fingerprint density at radius 1 is 1.09 bits per heavy atom. The average Bonchev–Trinajstić information content (AvgIpc) is 2.72. The molecule has 0 aromatic heterocycles. The first kappa shape index (κ1) is 27.0. The van der Waals surface area contributed by atoms with Crippen molar-refractivity contribution in [3.63, 3.8) is 0 Å². The van der Waals surface area contributed by atoms with Crippen molar-refractivity contribution in [2.45, 2.75) is 31.7 Å². The average molecular weight is 518 g/mol. The molecule has 15 heteroatoms. The van der Waals surface area contributed by atoms with E-state index in [0.717, 1.165) is 6.07 Å². The van der Waals surface area contributed by atoms with Gasteiger partial charge in [0.05, 0.1) is 22.8 Å². The van der Waals surface area contributed by atoms with Crippen molar-refractivity contribution < 1.29 is 45.1 Å². The van der Waals surface area contributed by atoms with Crippen LogP contribution < -0.4 is 14.9 Å². The zero-order chi connectivity index (χ0) is 25.7. The summed E-state index contributed by atoms with van der Waals surface area (Å²) in [7, 11) is 0. The normalized spacial score (nSPS) is 12.6. The van der Waals surface area contributed by atoms with Gasteiger partial charge in [-0.25, -0.2) is 5.43 Å². The Labute approximate surface area is 192 Å². The standard InChI is InChI=1S/C19H15ClF7N3O4/c1-2-33-15-8-12(9-28-29-19(26,27)17(21,22)18(23,24)25)7-14(20)16(15)34-10-11-3-5-13(6-4-11)30(31)32/h3-9,29H,2,10H2,1H3/b28-9+. The minimum absolute atomic E-state index is 0.000846. The summed E-state index contributed by atoms with van der Waals surface area (Å²) in [6, 6.07) is 1.96. The molecule has 0 bridgehead atoms. The van der Waals surface area contributed by atoms with Crippen molar-refractivity contribution >= 4 is 23.5 Å². The molecule has 0 unspecified atom stereocenters. The van der Waals surface area contributed by atoms with Crippen LogP contribution in [0.5, 0.6) is 11.5 Å². The molecule has 2 aromatic carbocycles. The quantitative estimate of drug-likeness (QED) is 0.139. The second-order valence-corrected chi connectivity index (χ2v) is 6.90. The van der Waals surface area contributed by atoms with Crippen LogP contribution in [-0.4, -0.2) is 35.9 Å². The molecule has 2 rings (SSSR count). The molecule has 186 valence electrons. The highest BCUT2D eigenvalue weighted by atomic mass is 35.5. The molecular weight excluding hydrogens is 503 g/mol. The maximum Gasteiger partial charge on any atom is 0.462 e. The number of nitrogens with one attached hydrogen (secondary N) is 1. The lowest BCUT2D eigenvalue weighted by atomic mass is 10.2. The van der Waals surface area contributed by atoms with Gasteiger partial charge in [0.15, 0.2) is 11.5 Å². The summed E-state index contributed by atoms with van der Waals surface area (Å²) in [5.74, 6) is -6.38. The molecule has 7 nitrogen and oxygen atoms in total. The summed E-state index contributed by atoms with van der Waals surface area (Å²) in [5, 5.41) is 13.3. The van der Waals surface area contributed by atoms with Crippen molar-refractivity contribution in [2.75, 3.05) is 6.61 Å². The number of benzene rings is 2. The smallest absolute Gasteiger partial charge is 0.462 e. The maximum atomic E-state index is 13.3.